The van der Waals surface area contributed by atoms with Gasteiger partial charge in [-0.3, -0.25) is 14.4 Å². The van der Waals surface area contributed by atoms with Crippen LogP contribution in [0.5, 0.6) is 0 Å². The summed E-state index contributed by atoms with van der Waals surface area (Å²) in [7, 11) is 1.57. The number of fused-ring (bicyclic) bond motifs is 1. The van der Waals surface area contributed by atoms with Crippen LogP contribution >= 0.6 is 11.8 Å². The van der Waals surface area contributed by atoms with Crippen LogP contribution in [0.4, 0.5) is 11.4 Å². The van der Waals surface area contributed by atoms with E-state index in [1.165, 1.54) is 16.7 Å². The van der Waals surface area contributed by atoms with Gasteiger partial charge in [-0.25, -0.2) is 0 Å². The SMILES string of the molecule is Cc1cccc(NC(=O)CN(C)C(=O)C[C@H]2Sc3ccccc3NC2=O)c1C. The molecule has 0 spiro atoms. The standard InChI is InChI=1S/C21H23N3O3S/c1-13-7-6-9-15(14(13)2)22-19(25)12-24(3)20(26)11-18-21(27)23-16-8-4-5-10-17(16)28-18/h4-10,18H,11-12H2,1-3H3,(H,22,25)(H,23,27)/t18-/m1/s1. The van der Waals surface area contributed by atoms with Gasteiger partial charge in [-0.05, 0) is 43.2 Å². The van der Waals surface area contributed by atoms with E-state index in [-0.39, 0.29) is 30.7 Å². The van der Waals surface area contributed by atoms with Crippen LogP contribution in [0.3, 0.4) is 0 Å². The normalized spacial score (nSPS) is 15.4. The number of anilines is 2. The highest BCUT2D eigenvalue weighted by molar-refractivity contribution is 8.01. The van der Waals surface area contributed by atoms with E-state index < -0.39 is 5.25 Å². The molecule has 3 amide bonds. The molecule has 6 nitrogen and oxygen atoms in total. The lowest BCUT2D eigenvalue weighted by Gasteiger charge is -2.25. The molecular weight excluding hydrogens is 374 g/mol. The second-order valence-electron chi connectivity index (χ2n) is 6.84. The van der Waals surface area contributed by atoms with Crippen LogP contribution in [0, 0.1) is 13.8 Å². The monoisotopic (exact) mass is 397 g/mol. The van der Waals surface area contributed by atoms with Crippen LogP contribution in [0.25, 0.3) is 0 Å². The van der Waals surface area contributed by atoms with Crippen LogP contribution in [-0.4, -0.2) is 41.5 Å². The summed E-state index contributed by atoms with van der Waals surface area (Å²) in [5.41, 5.74) is 3.59. The van der Waals surface area contributed by atoms with Crippen molar-refractivity contribution in [3.8, 4) is 0 Å². The molecule has 0 aliphatic carbocycles. The van der Waals surface area contributed by atoms with Crippen molar-refractivity contribution in [1.82, 2.24) is 4.90 Å². The number of para-hydroxylation sites is 1. The molecule has 1 aliphatic heterocycles. The summed E-state index contributed by atoms with van der Waals surface area (Å²) in [5, 5.41) is 5.17. The zero-order valence-corrected chi connectivity index (χ0v) is 16.9. The smallest absolute Gasteiger partial charge is 0.243 e. The minimum atomic E-state index is -0.507. The Bertz CT molecular complexity index is 929. The average Bonchev–Trinajstić information content (AvgIpc) is 2.66. The summed E-state index contributed by atoms with van der Waals surface area (Å²) < 4.78 is 0. The quantitative estimate of drug-likeness (QED) is 0.812. The number of aryl methyl sites for hydroxylation is 1. The van der Waals surface area contributed by atoms with Crippen molar-refractivity contribution in [2.45, 2.75) is 30.4 Å². The molecular formula is C21H23N3O3S. The first-order valence-electron chi connectivity index (χ1n) is 9.01. The highest BCUT2D eigenvalue weighted by Crippen LogP contribution is 2.36. The van der Waals surface area contributed by atoms with E-state index >= 15 is 0 Å². The lowest BCUT2D eigenvalue weighted by atomic mass is 10.1. The summed E-state index contributed by atoms with van der Waals surface area (Å²) in [4.78, 5) is 39.4. The van der Waals surface area contributed by atoms with Crippen molar-refractivity contribution in [1.29, 1.82) is 0 Å². The van der Waals surface area contributed by atoms with E-state index in [4.69, 9.17) is 0 Å². The van der Waals surface area contributed by atoms with Crippen LogP contribution in [-0.2, 0) is 14.4 Å². The Labute approximate surface area is 168 Å². The first-order chi connectivity index (χ1) is 13.3. The molecule has 1 atom stereocenters. The van der Waals surface area contributed by atoms with Gasteiger partial charge < -0.3 is 15.5 Å². The van der Waals surface area contributed by atoms with Crippen LogP contribution in [0.15, 0.2) is 47.4 Å². The van der Waals surface area contributed by atoms with Gasteiger partial charge in [0.25, 0.3) is 0 Å². The van der Waals surface area contributed by atoms with Crippen molar-refractivity contribution in [3.63, 3.8) is 0 Å². The Hall–Kier alpha value is -2.80. The molecule has 2 N–H and O–H groups in total. The number of nitrogens with zero attached hydrogens (tertiary/aromatic N) is 1. The maximum absolute atomic E-state index is 12.5. The second-order valence-corrected chi connectivity index (χ2v) is 8.09. The second kappa shape index (κ2) is 8.48. The number of hydrogen-bond donors (Lipinski definition) is 2. The topological polar surface area (TPSA) is 78.5 Å². The molecule has 0 fully saturated rings. The number of carbonyl (C=O) groups excluding carboxylic acids is 3. The molecule has 0 radical (unpaired) electrons. The molecule has 1 heterocycles. The summed E-state index contributed by atoms with van der Waals surface area (Å²) in [6.07, 6.45) is 0.0398. The first-order valence-corrected chi connectivity index (χ1v) is 9.89. The number of thioether (sulfide) groups is 1. The van der Waals surface area contributed by atoms with Gasteiger partial charge in [0.05, 0.1) is 17.5 Å². The molecule has 1 aliphatic rings. The van der Waals surface area contributed by atoms with Crippen molar-refractivity contribution < 1.29 is 14.4 Å². The summed E-state index contributed by atoms with van der Waals surface area (Å²) in [6, 6.07) is 13.2. The van der Waals surface area contributed by atoms with Crippen LogP contribution in [0.1, 0.15) is 17.5 Å². The van der Waals surface area contributed by atoms with E-state index in [1.807, 2.05) is 56.3 Å². The number of amides is 3. The van der Waals surface area contributed by atoms with Gasteiger partial charge in [0.2, 0.25) is 17.7 Å². The van der Waals surface area contributed by atoms with Gasteiger partial charge in [-0.2, -0.15) is 0 Å². The summed E-state index contributed by atoms with van der Waals surface area (Å²) in [5.74, 6) is -0.705. The number of benzene rings is 2. The maximum Gasteiger partial charge on any atom is 0.243 e. The van der Waals surface area contributed by atoms with Gasteiger partial charge in [-0.1, -0.05) is 24.3 Å². The van der Waals surface area contributed by atoms with E-state index in [0.29, 0.717) is 0 Å². The summed E-state index contributed by atoms with van der Waals surface area (Å²) >= 11 is 1.38. The first kappa shape index (κ1) is 19.9. The predicted octanol–water partition coefficient (Wildman–Crippen LogP) is 3.20. The molecule has 0 bridgehead atoms. The van der Waals surface area contributed by atoms with Gasteiger partial charge in [0.1, 0.15) is 0 Å². The minimum absolute atomic E-state index is 0.0398. The van der Waals surface area contributed by atoms with Crippen molar-refractivity contribution in [3.05, 3.63) is 53.6 Å². The lowest BCUT2D eigenvalue weighted by Crippen LogP contribution is -2.39. The molecule has 0 saturated carbocycles. The van der Waals surface area contributed by atoms with E-state index in [0.717, 1.165) is 27.4 Å². The third-order valence-electron chi connectivity index (χ3n) is 4.75. The lowest BCUT2D eigenvalue weighted by molar-refractivity contribution is -0.134. The molecule has 146 valence electrons. The molecule has 3 rings (SSSR count). The number of nitrogens with one attached hydrogen (secondary N) is 2. The van der Waals surface area contributed by atoms with E-state index in [1.54, 1.807) is 7.05 Å². The Morgan fingerprint density at radius 1 is 1.14 bits per heavy atom. The molecule has 28 heavy (non-hydrogen) atoms. The molecule has 0 unspecified atom stereocenters. The van der Waals surface area contributed by atoms with Crippen molar-refractivity contribution >= 4 is 40.9 Å². The van der Waals surface area contributed by atoms with E-state index in [9.17, 15) is 14.4 Å². The zero-order chi connectivity index (χ0) is 20.3. The van der Waals surface area contributed by atoms with Crippen LogP contribution in [0.2, 0.25) is 0 Å². The summed E-state index contributed by atoms with van der Waals surface area (Å²) in [6.45, 7) is 3.85. The highest BCUT2D eigenvalue weighted by atomic mass is 32.2. The van der Waals surface area contributed by atoms with Crippen molar-refractivity contribution in [2.75, 3.05) is 24.2 Å². The minimum Gasteiger partial charge on any atom is -0.336 e. The van der Waals surface area contributed by atoms with Crippen LogP contribution < -0.4 is 10.6 Å². The third-order valence-corrected chi connectivity index (χ3v) is 6.03. The van der Waals surface area contributed by atoms with Gasteiger partial charge in [0, 0.05) is 24.1 Å². The Morgan fingerprint density at radius 3 is 2.68 bits per heavy atom. The number of hydrogen-bond acceptors (Lipinski definition) is 4. The maximum atomic E-state index is 12.5. The van der Waals surface area contributed by atoms with Gasteiger partial charge in [-0.15, -0.1) is 11.8 Å². The molecule has 7 heteroatoms. The highest BCUT2D eigenvalue weighted by Gasteiger charge is 2.30. The third kappa shape index (κ3) is 4.54. The fourth-order valence-electron chi connectivity index (χ4n) is 2.92. The van der Waals surface area contributed by atoms with Gasteiger partial charge >= 0.3 is 0 Å². The fraction of sp³-hybridized carbons (Fsp3) is 0.286. The van der Waals surface area contributed by atoms with Gasteiger partial charge in [0.15, 0.2) is 0 Å². The predicted molar refractivity (Wildman–Crippen MR) is 112 cm³/mol. The Balaban J connectivity index is 1.56. The average molecular weight is 398 g/mol. The number of rotatable bonds is 5. The Kier molecular flexibility index (Phi) is 6.04. The zero-order valence-electron chi connectivity index (χ0n) is 16.1. The molecule has 2 aromatic carbocycles. The molecule has 0 aromatic heterocycles. The Morgan fingerprint density at radius 2 is 1.89 bits per heavy atom. The molecule has 2 aromatic rings. The fourth-order valence-corrected chi connectivity index (χ4v) is 4.02. The largest absolute Gasteiger partial charge is 0.336 e. The number of carbonyl (C=O) groups is 3. The van der Waals surface area contributed by atoms with E-state index in [2.05, 4.69) is 10.6 Å². The van der Waals surface area contributed by atoms with Crippen molar-refractivity contribution in [2.24, 2.45) is 0 Å². The number of likely N-dealkylation sites (N-methyl/N-ethyl adjacent to an activating group) is 1. The molecule has 0 saturated heterocycles.